The predicted octanol–water partition coefficient (Wildman–Crippen LogP) is 4.38. The maximum absolute atomic E-state index is 10.1. The molecule has 0 saturated carbocycles. The topological polar surface area (TPSA) is 23.5 Å². The fourth-order valence-electron chi connectivity index (χ4n) is 3.49. The summed E-state index contributed by atoms with van der Waals surface area (Å²) in [5.41, 5.74) is 0. The molecule has 0 aliphatic heterocycles. The van der Waals surface area contributed by atoms with Gasteiger partial charge in [-0.1, -0.05) is 121 Å². The van der Waals surface area contributed by atoms with Gasteiger partial charge in [0.1, 0.15) is 0 Å². The highest BCUT2D eigenvalue weighted by molar-refractivity contribution is 7.84. The second-order valence-electron chi connectivity index (χ2n) is 6.79. The van der Waals surface area contributed by atoms with Crippen LogP contribution in [0.2, 0.25) is 0 Å². The molecular weight excluding hydrogens is 404 g/mol. The van der Waals surface area contributed by atoms with Crippen LogP contribution in [0.4, 0.5) is 0 Å². The van der Waals surface area contributed by atoms with Crippen LogP contribution >= 0.6 is 16.1 Å². The monoisotopic (exact) mass is 429 g/mol. The van der Waals surface area contributed by atoms with E-state index in [1.807, 2.05) is 0 Å². The fourth-order valence-corrected chi connectivity index (χ4v) is 9.50. The highest BCUT2D eigenvalue weighted by Crippen LogP contribution is 2.54. The molecule has 0 bridgehead atoms. The zero-order valence-electron chi connectivity index (χ0n) is 16.8. The lowest BCUT2D eigenvalue weighted by molar-refractivity contribution is 0.287. The van der Waals surface area contributed by atoms with Crippen LogP contribution in [0.1, 0.15) is 0 Å². The summed E-state index contributed by atoms with van der Waals surface area (Å²) in [4.78, 5) is 0. The van der Waals surface area contributed by atoms with Crippen LogP contribution in [0.15, 0.2) is 121 Å². The van der Waals surface area contributed by atoms with E-state index in [9.17, 15) is 5.11 Å². The molecule has 0 heterocycles. The third kappa shape index (κ3) is 4.86. The van der Waals surface area contributed by atoms with Gasteiger partial charge in [-0.3, -0.25) is 0 Å². The molecule has 1 N–H and O–H groups in total. The van der Waals surface area contributed by atoms with Crippen molar-refractivity contribution in [2.75, 3.05) is 13.2 Å². The molecular formula is C26H25NOP2. The lowest BCUT2D eigenvalue weighted by Crippen LogP contribution is -2.33. The van der Waals surface area contributed by atoms with Crippen LogP contribution in [0.25, 0.3) is 0 Å². The molecule has 0 fully saturated rings. The highest BCUT2D eigenvalue weighted by atomic mass is 31.2. The zero-order chi connectivity index (χ0) is 20.6. The van der Waals surface area contributed by atoms with E-state index in [0.717, 1.165) is 0 Å². The molecule has 150 valence electrons. The molecule has 4 aromatic carbocycles. The number of hydrogen-bond donors (Lipinski definition) is 1. The lowest BCUT2D eigenvalue weighted by atomic mass is 10.4. The van der Waals surface area contributed by atoms with E-state index >= 15 is 0 Å². The first-order valence-electron chi connectivity index (χ1n) is 10.1. The summed E-state index contributed by atoms with van der Waals surface area (Å²) in [5, 5.41) is 15.3. The number of aliphatic hydroxyl groups is 1. The number of hydrogen-bond acceptors (Lipinski definition) is 2. The summed E-state index contributed by atoms with van der Waals surface area (Å²) in [5.74, 6) is 0. The largest absolute Gasteiger partial charge is 0.395 e. The van der Waals surface area contributed by atoms with Crippen LogP contribution in [0, 0.1) is 0 Å². The quantitative estimate of drug-likeness (QED) is 0.421. The van der Waals surface area contributed by atoms with E-state index in [1.54, 1.807) is 0 Å². The average Bonchev–Trinajstić information content (AvgIpc) is 2.82. The first-order chi connectivity index (χ1) is 14.9. The molecule has 4 heteroatoms. The van der Waals surface area contributed by atoms with Crippen molar-refractivity contribution in [2.45, 2.75) is 0 Å². The standard InChI is InChI=1S/C26H25NOP2/c28-22-21-27(29(23-13-5-1-6-14-23)24-15-7-2-8-16-24)30(25-17-9-3-10-18-25)26-19-11-4-12-20-26/h1-20,28H,21-22H2. The van der Waals surface area contributed by atoms with Crippen molar-refractivity contribution >= 4 is 37.4 Å². The summed E-state index contributed by atoms with van der Waals surface area (Å²) in [7, 11) is -1.61. The van der Waals surface area contributed by atoms with Gasteiger partial charge >= 0.3 is 0 Å². The summed E-state index contributed by atoms with van der Waals surface area (Å²) in [6.45, 7) is 0.738. The molecule has 0 atom stereocenters. The summed E-state index contributed by atoms with van der Waals surface area (Å²) < 4.78 is 2.54. The van der Waals surface area contributed by atoms with E-state index in [2.05, 4.69) is 126 Å². The van der Waals surface area contributed by atoms with Crippen molar-refractivity contribution in [3.63, 3.8) is 0 Å². The smallest absolute Gasteiger partial charge is 0.0565 e. The molecule has 0 amide bonds. The van der Waals surface area contributed by atoms with E-state index in [0.29, 0.717) is 6.54 Å². The van der Waals surface area contributed by atoms with Crippen molar-refractivity contribution in [3.05, 3.63) is 121 Å². The Labute approximate surface area is 181 Å². The number of nitrogens with zero attached hydrogens (tertiary/aromatic N) is 1. The predicted molar refractivity (Wildman–Crippen MR) is 132 cm³/mol. The van der Waals surface area contributed by atoms with Crippen LogP contribution in [-0.2, 0) is 0 Å². The molecule has 0 spiro atoms. The Morgan fingerprint density at radius 3 is 0.967 bits per heavy atom. The third-order valence-corrected chi connectivity index (χ3v) is 10.3. The first kappa shape index (κ1) is 20.9. The zero-order valence-corrected chi connectivity index (χ0v) is 18.5. The van der Waals surface area contributed by atoms with Crippen molar-refractivity contribution < 1.29 is 5.11 Å². The van der Waals surface area contributed by atoms with Gasteiger partial charge in [0.2, 0.25) is 0 Å². The van der Waals surface area contributed by atoms with Crippen molar-refractivity contribution in [1.29, 1.82) is 0 Å². The minimum absolute atomic E-state index is 0.122. The van der Waals surface area contributed by atoms with Gasteiger partial charge in [-0.25, -0.2) is 4.44 Å². The van der Waals surface area contributed by atoms with E-state index < -0.39 is 16.1 Å². The summed E-state index contributed by atoms with van der Waals surface area (Å²) in [6, 6.07) is 42.9. The number of benzene rings is 4. The Kier molecular flexibility index (Phi) is 7.40. The van der Waals surface area contributed by atoms with Gasteiger partial charge in [-0.05, 0) is 21.2 Å². The Bertz CT molecular complexity index is 852. The van der Waals surface area contributed by atoms with Crippen LogP contribution in [0.3, 0.4) is 0 Å². The maximum atomic E-state index is 10.1. The van der Waals surface area contributed by atoms with Gasteiger partial charge in [0.05, 0.1) is 6.61 Å². The van der Waals surface area contributed by atoms with Gasteiger partial charge in [0, 0.05) is 22.7 Å². The van der Waals surface area contributed by atoms with Gasteiger partial charge in [0.25, 0.3) is 0 Å². The van der Waals surface area contributed by atoms with Crippen LogP contribution in [0.5, 0.6) is 0 Å². The van der Waals surface area contributed by atoms with Gasteiger partial charge < -0.3 is 5.11 Å². The summed E-state index contributed by atoms with van der Waals surface area (Å²) in [6.07, 6.45) is 0. The first-order valence-corrected chi connectivity index (χ1v) is 12.7. The van der Waals surface area contributed by atoms with Crippen molar-refractivity contribution in [1.82, 2.24) is 4.44 Å². The Hall–Kier alpha value is -2.34. The van der Waals surface area contributed by atoms with E-state index in [-0.39, 0.29) is 6.61 Å². The Balaban J connectivity index is 1.89. The molecule has 2 nitrogen and oxygen atoms in total. The van der Waals surface area contributed by atoms with Crippen LogP contribution < -0.4 is 21.2 Å². The minimum Gasteiger partial charge on any atom is -0.395 e. The van der Waals surface area contributed by atoms with Crippen molar-refractivity contribution in [2.24, 2.45) is 0 Å². The average molecular weight is 429 g/mol. The third-order valence-electron chi connectivity index (χ3n) is 4.76. The minimum atomic E-state index is -0.805. The second kappa shape index (κ2) is 10.6. The molecule has 0 aliphatic carbocycles. The molecule has 30 heavy (non-hydrogen) atoms. The normalized spacial score (nSPS) is 11.3. The Morgan fingerprint density at radius 2 is 0.733 bits per heavy atom. The molecule has 4 aromatic rings. The SMILES string of the molecule is OCCN(P(c1ccccc1)c1ccccc1)P(c1ccccc1)c1ccccc1. The number of aliphatic hydroxyl groups excluding tert-OH is 1. The lowest BCUT2D eigenvalue weighted by Gasteiger charge is -2.38. The van der Waals surface area contributed by atoms with Crippen molar-refractivity contribution in [3.8, 4) is 0 Å². The molecule has 0 radical (unpaired) electrons. The maximum Gasteiger partial charge on any atom is 0.0565 e. The van der Waals surface area contributed by atoms with E-state index in [4.69, 9.17) is 0 Å². The van der Waals surface area contributed by atoms with Crippen LogP contribution in [-0.4, -0.2) is 22.7 Å². The Morgan fingerprint density at radius 1 is 0.467 bits per heavy atom. The van der Waals surface area contributed by atoms with Gasteiger partial charge in [0.15, 0.2) is 0 Å². The molecule has 0 aliphatic rings. The fraction of sp³-hybridized carbons (Fsp3) is 0.0769. The molecule has 0 unspecified atom stereocenters. The molecule has 0 saturated heterocycles. The summed E-state index contributed by atoms with van der Waals surface area (Å²) >= 11 is 0. The number of rotatable bonds is 8. The highest BCUT2D eigenvalue weighted by Gasteiger charge is 2.30. The van der Waals surface area contributed by atoms with E-state index in [1.165, 1.54) is 21.2 Å². The van der Waals surface area contributed by atoms with Gasteiger partial charge in [-0.2, -0.15) is 0 Å². The van der Waals surface area contributed by atoms with Gasteiger partial charge in [-0.15, -0.1) is 0 Å². The molecule has 0 aromatic heterocycles. The molecule has 4 rings (SSSR count). The second-order valence-corrected chi connectivity index (χ2v) is 11.4.